The van der Waals surface area contributed by atoms with Crippen molar-refractivity contribution in [3.63, 3.8) is 0 Å². The minimum absolute atomic E-state index is 0.461. The maximum Gasteiger partial charge on any atom is 0.512 e. The number of rotatable bonds is 4. The lowest BCUT2D eigenvalue weighted by Crippen LogP contribution is -1.78. The molecule has 0 spiro atoms. The van der Waals surface area contributed by atoms with Crippen LogP contribution in [-0.2, 0) is 9.09 Å². The predicted molar refractivity (Wildman–Crippen MR) is 34.3 cm³/mol. The Hall–Kier alpha value is -0.200. The molecule has 0 radical (unpaired) electrons. The van der Waals surface area contributed by atoms with Gasteiger partial charge in [0, 0.05) is 0 Å². The van der Waals surface area contributed by atoms with Gasteiger partial charge in [0.2, 0.25) is 0 Å². The van der Waals surface area contributed by atoms with Crippen molar-refractivity contribution in [1.29, 1.82) is 0 Å². The predicted octanol–water partition coefficient (Wildman–Crippen LogP) is 1.95. The van der Waals surface area contributed by atoms with Crippen molar-refractivity contribution in [2.24, 2.45) is 0 Å². The van der Waals surface area contributed by atoms with Crippen LogP contribution in [0.3, 0.4) is 0 Å². The fraction of sp³-hybridized carbons (Fsp3) is 0.600. The van der Waals surface area contributed by atoms with Crippen LogP contribution in [0.5, 0.6) is 0 Å². The molecule has 0 aliphatic heterocycles. The van der Waals surface area contributed by atoms with Crippen molar-refractivity contribution in [2.75, 3.05) is 12.8 Å². The summed E-state index contributed by atoms with van der Waals surface area (Å²) < 4.78 is 15.2. The van der Waals surface area contributed by atoms with E-state index < -0.39 is 8.03 Å². The van der Waals surface area contributed by atoms with Gasteiger partial charge in [0.15, 0.2) is 6.16 Å². The molecule has 8 heavy (non-hydrogen) atoms. The Morgan fingerprint density at radius 3 is 2.88 bits per heavy atom. The van der Waals surface area contributed by atoms with Gasteiger partial charge in [0.25, 0.3) is 0 Å². The van der Waals surface area contributed by atoms with Crippen LogP contribution in [0, 0.1) is 0 Å². The van der Waals surface area contributed by atoms with E-state index in [-0.39, 0.29) is 0 Å². The fourth-order valence-electron chi connectivity index (χ4n) is 0.302. The monoisotopic (exact) mass is 133 g/mol. The molecule has 1 unspecified atom stereocenters. The van der Waals surface area contributed by atoms with Crippen LogP contribution in [0.25, 0.3) is 0 Å². The second-order valence-electron chi connectivity index (χ2n) is 1.22. The van der Waals surface area contributed by atoms with Crippen LogP contribution in [0.4, 0.5) is 0 Å². The minimum atomic E-state index is -1.45. The summed E-state index contributed by atoms with van der Waals surface area (Å²) in [7, 11) is -1.45. The zero-order valence-electron chi connectivity index (χ0n) is 4.96. The highest BCUT2D eigenvalue weighted by molar-refractivity contribution is 7.39. The van der Waals surface area contributed by atoms with Gasteiger partial charge in [0.1, 0.15) is 0 Å². The first kappa shape index (κ1) is 7.80. The van der Waals surface area contributed by atoms with Crippen molar-refractivity contribution in [3.8, 4) is 0 Å². The van der Waals surface area contributed by atoms with Crippen molar-refractivity contribution in [1.82, 2.24) is 0 Å². The van der Waals surface area contributed by atoms with E-state index in [1.165, 1.54) is 0 Å². The van der Waals surface area contributed by atoms with E-state index in [0.29, 0.717) is 12.8 Å². The highest BCUT2D eigenvalue weighted by Crippen LogP contribution is 2.20. The summed E-state index contributed by atoms with van der Waals surface area (Å²) in [4.78, 5) is 0. The Kier molecular flexibility index (Phi) is 4.82. The van der Waals surface area contributed by atoms with Crippen molar-refractivity contribution in [2.45, 2.75) is 6.92 Å². The second kappa shape index (κ2) is 4.95. The highest BCUT2D eigenvalue weighted by atomic mass is 31.1. The highest BCUT2D eigenvalue weighted by Gasteiger charge is 2.10. The molecule has 0 aliphatic carbocycles. The SMILES string of the molecule is C=CC[P+](=O)OCC. The Morgan fingerprint density at radius 1 is 1.88 bits per heavy atom. The summed E-state index contributed by atoms with van der Waals surface area (Å²) in [5, 5.41) is 0. The molecule has 0 aromatic rings. The molecule has 0 amide bonds. The average molecular weight is 133 g/mol. The summed E-state index contributed by atoms with van der Waals surface area (Å²) in [6.07, 6.45) is 2.05. The normalized spacial score (nSPS) is 10.9. The molecule has 1 atom stereocenters. The molecule has 0 aromatic carbocycles. The third kappa shape index (κ3) is 3.97. The Morgan fingerprint density at radius 2 is 2.50 bits per heavy atom. The van der Waals surface area contributed by atoms with Gasteiger partial charge in [-0.3, -0.25) is 0 Å². The second-order valence-corrected chi connectivity index (χ2v) is 2.51. The first-order valence-electron chi connectivity index (χ1n) is 2.49. The van der Waals surface area contributed by atoms with Crippen LogP contribution < -0.4 is 0 Å². The van der Waals surface area contributed by atoms with Gasteiger partial charge < -0.3 is 0 Å². The molecule has 0 rings (SSSR count). The van der Waals surface area contributed by atoms with E-state index in [2.05, 4.69) is 6.58 Å². The van der Waals surface area contributed by atoms with E-state index in [4.69, 9.17) is 4.52 Å². The van der Waals surface area contributed by atoms with Gasteiger partial charge in [-0.05, 0) is 17.6 Å². The summed E-state index contributed by atoms with van der Waals surface area (Å²) in [6, 6.07) is 0. The van der Waals surface area contributed by atoms with Gasteiger partial charge >= 0.3 is 8.03 Å². The summed E-state index contributed by atoms with van der Waals surface area (Å²) >= 11 is 0. The Labute approximate surface area is 50.4 Å². The van der Waals surface area contributed by atoms with Crippen LogP contribution in [0.2, 0.25) is 0 Å². The maximum absolute atomic E-state index is 10.5. The van der Waals surface area contributed by atoms with Crippen LogP contribution in [0.15, 0.2) is 12.7 Å². The molecule has 3 heteroatoms. The molecule has 0 saturated heterocycles. The molecule has 0 heterocycles. The van der Waals surface area contributed by atoms with Crippen molar-refractivity contribution in [3.05, 3.63) is 12.7 Å². The molecule has 0 fully saturated rings. The lowest BCUT2D eigenvalue weighted by Gasteiger charge is -1.76. The van der Waals surface area contributed by atoms with Crippen LogP contribution in [-0.4, -0.2) is 12.8 Å². The van der Waals surface area contributed by atoms with Gasteiger partial charge in [0.05, 0.1) is 6.61 Å². The molecule has 2 nitrogen and oxygen atoms in total. The fourth-order valence-corrected chi connectivity index (χ4v) is 0.906. The zero-order valence-corrected chi connectivity index (χ0v) is 5.86. The molecule has 0 saturated carbocycles. The zero-order chi connectivity index (χ0) is 6.41. The van der Waals surface area contributed by atoms with E-state index in [1.807, 2.05) is 6.92 Å². The summed E-state index contributed by atoms with van der Waals surface area (Å²) in [5.41, 5.74) is 0. The molecule has 0 aliphatic rings. The summed E-state index contributed by atoms with van der Waals surface area (Å²) in [5.74, 6) is 0. The van der Waals surface area contributed by atoms with Gasteiger partial charge in [-0.1, -0.05) is 6.58 Å². The number of allylic oxidation sites excluding steroid dienone is 1. The van der Waals surface area contributed by atoms with Crippen LogP contribution in [0.1, 0.15) is 6.92 Å². The Balaban J connectivity index is 3.18. The summed E-state index contributed by atoms with van der Waals surface area (Å²) in [6.45, 7) is 5.75. The topological polar surface area (TPSA) is 26.3 Å². The minimum Gasteiger partial charge on any atom is -0.146 e. The molecular formula is C5H10O2P+. The van der Waals surface area contributed by atoms with E-state index in [0.717, 1.165) is 0 Å². The van der Waals surface area contributed by atoms with Crippen molar-refractivity contribution >= 4 is 8.03 Å². The van der Waals surface area contributed by atoms with Gasteiger partial charge in [-0.2, -0.15) is 0 Å². The molecule has 46 valence electrons. The van der Waals surface area contributed by atoms with E-state index in [1.54, 1.807) is 6.08 Å². The van der Waals surface area contributed by atoms with E-state index >= 15 is 0 Å². The van der Waals surface area contributed by atoms with Crippen LogP contribution >= 0.6 is 8.03 Å². The van der Waals surface area contributed by atoms with Crippen molar-refractivity contribution < 1.29 is 9.09 Å². The first-order chi connectivity index (χ1) is 3.81. The number of hydrogen-bond donors (Lipinski definition) is 0. The quantitative estimate of drug-likeness (QED) is 0.432. The maximum atomic E-state index is 10.5. The molecule has 0 N–H and O–H groups in total. The van der Waals surface area contributed by atoms with Gasteiger partial charge in [-0.15, -0.1) is 4.52 Å². The molecular weight excluding hydrogens is 123 g/mol. The van der Waals surface area contributed by atoms with E-state index in [9.17, 15) is 4.57 Å². The Bertz CT molecular complexity index is 90.4. The molecule has 0 bridgehead atoms. The number of hydrogen-bond acceptors (Lipinski definition) is 2. The lowest BCUT2D eigenvalue weighted by atomic mass is 10.8. The van der Waals surface area contributed by atoms with Gasteiger partial charge in [-0.25, -0.2) is 0 Å². The lowest BCUT2D eigenvalue weighted by molar-refractivity contribution is 0.352. The molecule has 0 aromatic heterocycles. The third-order valence-electron chi connectivity index (χ3n) is 0.551. The smallest absolute Gasteiger partial charge is 0.146 e. The largest absolute Gasteiger partial charge is 0.512 e. The third-order valence-corrected chi connectivity index (χ3v) is 1.65. The average Bonchev–Trinajstić information content (AvgIpc) is 1.68. The first-order valence-corrected chi connectivity index (χ1v) is 3.86. The standard InChI is InChI=1S/C5H10O2P/c1-3-5-8(6)7-4-2/h3H,1,4-5H2,2H3/q+1.